The average Bonchev–Trinajstić information content (AvgIpc) is 2.51. The molecule has 0 aliphatic rings. The second-order valence-electron chi connectivity index (χ2n) is 4.08. The van der Waals surface area contributed by atoms with Crippen LogP contribution in [0.25, 0.3) is 0 Å². The van der Waals surface area contributed by atoms with Crippen molar-refractivity contribution < 1.29 is 9.18 Å². The normalized spacial score (nSPS) is 9.62. The molecule has 2 aromatic rings. The molecule has 0 saturated carbocycles. The van der Waals surface area contributed by atoms with Crippen LogP contribution in [0.5, 0.6) is 0 Å². The number of hydrogen-bond acceptors (Lipinski definition) is 4. The van der Waals surface area contributed by atoms with E-state index in [9.17, 15) is 9.18 Å². The van der Waals surface area contributed by atoms with E-state index in [1.807, 2.05) is 0 Å². The minimum absolute atomic E-state index is 0.137. The first kappa shape index (κ1) is 14.6. The van der Waals surface area contributed by atoms with E-state index in [-0.39, 0.29) is 19.0 Å². The van der Waals surface area contributed by atoms with Gasteiger partial charge < -0.3 is 11.1 Å². The Balaban J connectivity index is 2.15. The van der Waals surface area contributed by atoms with E-state index in [2.05, 4.69) is 27.1 Å². The number of aromatic nitrogens is 2. The Morgan fingerprint density at radius 1 is 1.38 bits per heavy atom. The number of nitrogens with one attached hydrogen (secondary N) is 1. The van der Waals surface area contributed by atoms with Crippen molar-refractivity contribution in [3.05, 3.63) is 59.4 Å². The molecule has 0 aliphatic carbocycles. The maximum atomic E-state index is 13.2. The third-order valence-electron chi connectivity index (χ3n) is 2.62. The molecule has 106 valence electrons. The molecule has 0 unspecified atom stereocenters. The molecule has 0 saturated heterocycles. The van der Waals surface area contributed by atoms with Gasteiger partial charge in [-0.25, -0.2) is 14.4 Å². The summed E-state index contributed by atoms with van der Waals surface area (Å²) < 4.78 is 13.2. The topological polar surface area (TPSA) is 80.9 Å². The molecule has 5 nitrogen and oxygen atoms in total. The van der Waals surface area contributed by atoms with Crippen molar-refractivity contribution in [3.8, 4) is 11.8 Å². The van der Waals surface area contributed by atoms with Crippen LogP contribution in [0.15, 0.2) is 36.8 Å². The molecule has 1 amide bonds. The van der Waals surface area contributed by atoms with E-state index in [0.29, 0.717) is 16.8 Å². The van der Waals surface area contributed by atoms with E-state index < -0.39 is 5.82 Å². The zero-order chi connectivity index (χ0) is 15.1. The fourth-order valence-electron chi connectivity index (χ4n) is 1.65. The zero-order valence-electron chi connectivity index (χ0n) is 11.1. The van der Waals surface area contributed by atoms with Crippen LogP contribution >= 0.6 is 0 Å². The van der Waals surface area contributed by atoms with E-state index in [1.54, 1.807) is 12.3 Å². The van der Waals surface area contributed by atoms with Crippen molar-refractivity contribution >= 4 is 5.91 Å². The fourth-order valence-corrected chi connectivity index (χ4v) is 1.65. The maximum absolute atomic E-state index is 13.2. The number of carbonyl (C=O) groups is 1. The van der Waals surface area contributed by atoms with Crippen LogP contribution in [0.4, 0.5) is 4.39 Å². The number of nitrogens with zero attached hydrogens (tertiary/aromatic N) is 2. The Morgan fingerprint density at radius 3 is 2.95 bits per heavy atom. The maximum Gasteiger partial charge on any atom is 0.252 e. The van der Waals surface area contributed by atoms with Crippen LogP contribution in [0.1, 0.15) is 21.6 Å². The minimum atomic E-state index is -0.455. The van der Waals surface area contributed by atoms with Crippen LogP contribution in [0.2, 0.25) is 0 Å². The number of nitrogens with two attached hydrogens (primary N) is 1. The quantitative estimate of drug-likeness (QED) is 0.819. The highest BCUT2D eigenvalue weighted by atomic mass is 19.1. The third kappa shape index (κ3) is 4.09. The Kier molecular flexibility index (Phi) is 4.96. The van der Waals surface area contributed by atoms with Gasteiger partial charge in [0.05, 0.1) is 24.3 Å². The van der Waals surface area contributed by atoms with Crippen LogP contribution < -0.4 is 11.1 Å². The second kappa shape index (κ2) is 7.12. The summed E-state index contributed by atoms with van der Waals surface area (Å²) in [5, 5.41) is 2.70. The summed E-state index contributed by atoms with van der Waals surface area (Å²) >= 11 is 0. The molecule has 1 aromatic heterocycles. The molecule has 0 bridgehead atoms. The molecule has 0 aliphatic heterocycles. The summed E-state index contributed by atoms with van der Waals surface area (Å²) in [6.07, 6.45) is 2.99. The summed E-state index contributed by atoms with van der Waals surface area (Å²) in [4.78, 5) is 19.9. The van der Waals surface area contributed by atoms with Gasteiger partial charge in [0.2, 0.25) is 0 Å². The summed E-state index contributed by atoms with van der Waals surface area (Å²) in [5.41, 5.74) is 6.57. The predicted octanol–water partition coefficient (Wildman–Crippen LogP) is 0.856. The highest BCUT2D eigenvalue weighted by Crippen LogP contribution is 2.10. The Labute approximate surface area is 121 Å². The lowest BCUT2D eigenvalue weighted by Crippen LogP contribution is -2.24. The summed E-state index contributed by atoms with van der Waals surface area (Å²) in [6, 6.07) is 5.51. The molecular weight excluding hydrogens is 271 g/mol. The first-order valence-electron chi connectivity index (χ1n) is 6.22. The Morgan fingerprint density at radius 2 is 2.24 bits per heavy atom. The van der Waals surface area contributed by atoms with Gasteiger partial charge in [-0.3, -0.25) is 4.79 Å². The SMILES string of the molecule is NCC#Cc1cc(F)ccc1C(=O)NCc1ccncn1. The third-order valence-corrected chi connectivity index (χ3v) is 2.62. The fraction of sp³-hybridized carbons (Fsp3) is 0.133. The molecule has 0 spiro atoms. The molecule has 21 heavy (non-hydrogen) atoms. The van der Waals surface area contributed by atoms with Crippen LogP contribution in [-0.2, 0) is 6.54 Å². The number of amides is 1. The molecule has 0 fully saturated rings. The Hall–Kier alpha value is -2.78. The first-order chi connectivity index (χ1) is 10.2. The van der Waals surface area contributed by atoms with Gasteiger partial charge >= 0.3 is 0 Å². The summed E-state index contributed by atoms with van der Waals surface area (Å²) in [5.74, 6) is 4.50. The van der Waals surface area contributed by atoms with Gasteiger partial charge in [-0.15, -0.1) is 0 Å². The van der Waals surface area contributed by atoms with Gasteiger partial charge in [-0.05, 0) is 24.3 Å². The van der Waals surface area contributed by atoms with E-state index in [4.69, 9.17) is 5.73 Å². The van der Waals surface area contributed by atoms with Crippen molar-refractivity contribution in [1.29, 1.82) is 0 Å². The average molecular weight is 284 g/mol. The smallest absolute Gasteiger partial charge is 0.252 e. The van der Waals surface area contributed by atoms with Crippen molar-refractivity contribution in [2.24, 2.45) is 5.73 Å². The first-order valence-corrected chi connectivity index (χ1v) is 6.22. The second-order valence-corrected chi connectivity index (χ2v) is 4.08. The largest absolute Gasteiger partial charge is 0.346 e. The molecule has 1 heterocycles. The van der Waals surface area contributed by atoms with Gasteiger partial charge in [0.1, 0.15) is 12.1 Å². The molecule has 6 heteroatoms. The minimum Gasteiger partial charge on any atom is -0.346 e. The number of halogens is 1. The lowest BCUT2D eigenvalue weighted by atomic mass is 10.1. The number of benzene rings is 1. The van der Waals surface area contributed by atoms with Gasteiger partial charge in [-0.1, -0.05) is 11.8 Å². The molecule has 2 rings (SSSR count). The van der Waals surface area contributed by atoms with Crippen LogP contribution in [0.3, 0.4) is 0 Å². The predicted molar refractivity (Wildman–Crippen MR) is 75.5 cm³/mol. The van der Waals surface area contributed by atoms with Crippen molar-refractivity contribution in [2.45, 2.75) is 6.54 Å². The van der Waals surface area contributed by atoms with E-state index in [0.717, 1.165) is 0 Å². The van der Waals surface area contributed by atoms with Gasteiger partial charge in [0, 0.05) is 11.8 Å². The highest BCUT2D eigenvalue weighted by Gasteiger charge is 2.11. The molecular formula is C15H13FN4O. The standard InChI is InChI=1S/C15H13FN4O/c16-12-3-4-14(11(8-12)2-1-6-17)15(21)19-9-13-5-7-18-10-20-13/h3-5,7-8,10H,6,9,17H2,(H,19,21). The van der Waals surface area contributed by atoms with Crippen molar-refractivity contribution in [3.63, 3.8) is 0 Å². The number of rotatable bonds is 3. The van der Waals surface area contributed by atoms with Gasteiger partial charge in [0.15, 0.2) is 0 Å². The molecule has 0 atom stereocenters. The van der Waals surface area contributed by atoms with Gasteiger partial charge in [-0.2, -0.15) is 0 Å². The van der Waals surface area contributed by atoms with E-state index in [1.165, 1.54) is 24.5 Å². The lowest BCUT2D eigenvalue weighted by Gasteiger charge is -2.06. The summed E-state index contributed by atoms with van der Waals surface area (Å²) in [7, 11) is 0. The molecule has 1 aromatic carbocycles. The molecule has 0 radical (unpaired) electrons. The summed E-state index contributed by atoms with van der Waals surface area (Å²) in [6.45, 7) is 0.390. The van der Waals surface area contributed by atoms with Crippen molar-refractivity contribution in [2.75, 3.05) is 6.54 Å². The number of carbonyl (C=O) groups excluding carboxylic acids is 1. The Bertz CT molecular complexity index is 692. The van der Waals surface area contributed by atoms with Crippen LogP contribution in [0, 0.1) is 17.7 Å². The van der Waals surface area contributed by atoms with Crippen molar-refractivity contribution in [1.82, 2.24) is 15.3 Å². The van der Waals surface area contributed by atoms with E-state index >= 15 is 0 Å². The number of hydrogen-bond donors (Lipinski definition) is 2. The van der Waals surface area contributed by atoms with Crippen LogP contribution in [-0.4, -0.2) is 22.4 Å². The highest BCUT2D eigenvalue weighted by molar-refractivity contribution is 5.96. The van der Waals surface area contributed by atoms with Gasteiger partial charge in [0.25, 0.3) is 5.91 Å². The monoisotopic (exact) mass is 284 g/mol. The lowest BCUT2D eigenvalue weighted by molar-refractivity contribution is 0.0950. The molecule has 3 N–H and O–H groups in total. The zero-order valence-corrected chi connectivity index (χ0v) is 11.1.